The van der Waals surface area contributed by atoms with Crippen LogP contribution >= 0.6 is 12.6 Å². The molecule has 19 heavy (non-hydrogen) atoms. The van der Waals surface area contributed by atoms with E-state index < -0.39 is 0 Å². The normalized spacial score (nSPS) is 10.4. The lowest BCUT2D eigenvalue weighted by molar-refractivity contribution is -0.120. The van der Waals surface area contributed by atoms with Gasteiger partial charge in [-0.15, -0.1) is 22.8 Å². The maximum Gasteiger partial charge on any atom is 0.224 e. The molecule has 0 saturated heterocycles. The summed E-state index contributed by atoms with van der Waals surface area (Å²) >= 11 is 4.21. The Morgan fingerprint density at radius 1 is 1.37 bits per heavy atom. The SMILES string of the molecule is CCn1cnnc1CNC(=O)Cc1ccc(S)cc1. The number of nitrogens with one attached hydrogen (secondary N) is 1. The molecule has 6 heteroatoms. The first kappa shape index (κ1) is 13.6. The highest BCUT2D eigenvalue weighted by Crippen LogP contribution is 2.08. The number of thiol groups is 1. The number of hydrogen-bond donors (Lipinski definition) is 2. The number of rotatable bonds is 5. The molecule has 0 unspecified atom stereocenters. The number of carbonyl (C=O) groups is 1. The summed E-state index contributed by atoms with van der Waals surface area (Å²) in [6.07, 6.45) is 2.02. The summed E-state index contributed by atoms with van der Waals surface area (Å²) in [6, 6.07) is 7.55. The van der Waals surface area contributed by atoms with E-state index in [9.17, 15) is 4.79 Å². The van der Waals surface area contributed by atoms with Gasteiger partial charge in [0.1, 0.15) is 6.33 Å². The first-order valence-corrected chi connectivity index (χ1v) is 6.55. The molecular formula is C13H16N4OS. The van der Waals surface area contributed by atoms with Crippen molar-refractivity contribution in [3.05, 3.63) is 42.0 Å². The van der Waals surface area contributed by atoms with Crippen molar-refractivity contribution in [1.82, 2.24) is 20.1 Å². The summed E-state index contributed by atoms with van der Waals surface area (Å²) in [4.78, 5) is 12.7. The monoisotopic (exact) mass is 276 g/mol. The minimum atomic E-state index is -0.0300. The summed E-state index contributed by atoms with van der Waals surface area (Å²) < 4.78 is 1.90. The lowest BCUT2D eigenvalue weighted by atomic mass is 10.1. The van der Waals surface area contributed by atoms with Crippen molar-refractivity contribution < 1.29 is 4.79 Å². The van der Waals surface area contributed by atoms with Gasteiger partial charge in [0.2, 0.25) is 5.91 Å². The molecule has 1 N–H and O–H groups in total. The molecule has 0 radical (unpaired) electrons. The third kappa shape index (κ3) is 3.82. The largest absolute Gasteiger partial charge is 0.349 e. The van der Waals surface area contributed by atoms with E-state index in [1.165, 1.54) is 0 Å². The molecule has 1 aromatic heterocycles. The van der Waals surface area contributed by atoms with E-state index >= 15 is 0 Å². The van der Waals surface area contributed by atoms with Crippen LogP contribution in [-0.2, 0) is 24.3 Å². The molecule has 5 nitrogen and oxygen atoms in total. The van der Waals surface area contributed by atoms with Crippen molar-refractivity contribution in [3.63, 3.8) is 0 Å². The van der Waals surface area contributed by atoms with E-state index in [0.717, 1.165) is 22.8 Å². The zero-order chi connectivity index (χ0) is 13.7. The van der Waals surface area contributed by atoms with Crippen molar-refractivity contribution in [1.29, 1.82) is 0 Å². The number of nitrogens with zero attached hydrogens (tertiary/aromatic N) is 3. The predicted molar refractivity (Wildman–Crippen MR) is 74.9 cm³/mol. The summed E-state index contributed by atoms with van der Waals surface area (Å²) in [5.74, 6) is 0.735. The van der Waals surface area contributed by atoms with Gasteiger partial charge in [-0.2, -0.15) is 0 Å². The Balaban J connectivity index is 1.86. The molecule has 100 valence electrons. The molecule has 0 aliphatic rings. The summed E-state index contributed by atoms with van der Waals surface area (Å²) in [6.45, 7) is 3.20. The van der Waals surface area contributed by atoms with E-state index in [1.54, 1.807) is 6.33 Å². The number of hydrogen-bond acceptors (Lipinski definition) is 4. The Morgan fingerprint density at radius 2 is 2.11 bits per heavy atom. The minimum Gasteiger partial charge on any atom is -0.349 e. The molecule has 0 fully saturated rings. The molecule has 0 spiro atoms. The first-order chi connectivity index (χ1) is 9.19. The Morgan fingerprint density at radius 3 is 2.79 bits per heavy atom. The van der Waals surface area contributed by atoms with E-state index in [4.69, 9.17) is 0 Å². The van der Waals surface area contributed by atoms with Crippen LogP contribution in [0.15, 0.2) is 35.5 Å². The van der Waals surface area contributed by atoms with Gasteiger partial charge in [0, 0.05) is 11.4 Å². The second-order valence-electron chi connectivity index (χ2n) is 4.15. The van der Waals surface area contributed by atoms with Crippen LogP contribution in [0.4, 0.5) is 0 Å². The van der Waals surface area contributed by atoms with Crippen molar-refractivity contribution in [3.8, 4) is 0 Å². The second kappa shape index (κ2) is 6.38. The van der Waals surface area contributed by atoms with Crippen molar-refractivity contribution >= 4 is 18.5 Å². The van der Waals surface area contributed by atoms with Crippen LogP contribution in [0.2, 0.25) is 0 Å². The van der Waals surface area contributed by atoms with Crippen molar-refractivity contribution in [2.75, 3.05) is 0 Å². The summed E-state index contributed by atoms with van der Waals surface area (Å²) in [5, 5.41) is 10.6. The highest BCUT2D eigenvalue weighted by Gasteiger charge is 2.06. The molecule has 0 saturated carbocycles. The fourth-order valence-electron chi connectivity index (χ4n) is 1.72. The minimum absolute atomic E-state index is 0.0300. The summed E-state index contributed by atoms with van der Waals surface area (Å²) in [5.41, 5.74) is 0.965. The van der Waals surface area contributed by atoms with Gasteiger partial charge < -0.3 is 9.88 Å². The van der Waals surface area contributed by atoms with Crippen LogP contribution in [0, 0.1) is 0 Å². The van der Waals surface area contributed by atoms with Gasteiger partial charge in [0.05, 0.1) is 13.0 Å². The summed E-state index contributed by atoms with van der Waals surface area (Å²) in [7, 11) is 0. The molecular weight excluding hydrogens is 260 g/mol. The fourth-order valence-corrected chi connectivity index (χ4v) is 1.87. The van der Waals surface area contributed by atoms with Crippen LogP contribution in [0.25, 0.3) is 0 Å². The predicted octanol–water partition coefficient (Wildman–Crippen LogP) is 1.45. The van der Waals surface area contributed by atoms with E-state index in [-0.39, 0.29) is 5.91 Å². The Hall–Kier alpha value is -1.82. The van der Waals surface area contributed by atoms with Gasteiger partial charge in [-0.3, -0.25) is 4.79 Å². The van der Waals surface area contributed by atoms with Crippen molar-refractivity contribution in [2.45, 2.75) is 31.3 Å². The van der Waals surface area contributed by atoms with E-state index in [0.29, 0.717) is 13.0 Å². The molecule has 0 aliphatic heterocycles. The van der Waals surface area contributed by atoms with Gasteiger partial charge in [0.25, 0.3) is 0 Å². The smallest absolute Gasteiger partial charge is 0.224 e. The van der Waals surface area contributed by atoms with Gasteiger partial charge in [-0.1, -0.05) is 12.1 Å². The lowest BCUT2D eigenvalue weighted by Crippen LogP contribution is -2.26. The molecule has 0 atom stereocenters. The molecule has 1 heterocycles. The van der Waals surface area contributed by atoms with E-state index in [1.807, 2.05) is 35.8 Å². The van der Waals surface area contributed by atoms with Gasteiger partial charge in [-0.25, -0.2) is 0 Å². The first-order valence-electron chi connectivity index (χ1n) is 6.10. The standard InChI is InChI=1S/C13H16N4OS/c1-2-17-9-15-16-12(17)8-14-13(18)7-10-3-5-11(19)6-4-10/h3-6,9,19H,2,7-8H2,1H3,(H,14,18). The van der Waals surface area contributed by atoms with Crippen LogP contribution in [0.1, 0.15) is 18.3 Å². The highest BCUT2D eigenvalue weighted by atomic mass is 32.1. The molecule has 0 aliphatic carbocycles. The zero-order valence-corrected chi connectivity index (χ0v) is 11.6. The number of aromatic nitrogens is 3. The maximum atomic E-state index is 11.8. The van der Waals surface area contributed by atoms with Gasteiger partial charge in [0.15, 0.2) is 5.82 Å². The third-order valence-corrected chi connectivity index (χ3v) is 3.08. The highest BCUT2D eigenvalue weighted by molar-refractivity contribution is 7.80. The van der Waals surface area contributed by atoms with E-state index in [2.05, 4.69) is 28.1 Å². The van der Waals surface area contributed by atoms with Crippen molar-refractivity contribution in [2.24, 2.45) is 0 Å². The average molecular weight is 276 g/mol. The van der Waals surface area contributed by atoms with Gasteiger partial charge in [-0.05, 0) is 24.6 Å². The quantitative estimate of drug-likeness (QED) is 0.813. The second-order valence-corrected chi connectivity index (χ2v) is 4.67. The molecule has 2 rings (SSSR count). The Labute approximate surface area is 117 Å². The third-order valence-electron chi connectivity index (χ3n) is 2.78. The Bertz CT molecular complexity index is 550. The van der Waals surface area contributed by atoms with Gasteiger partial charge >= 0.3 is 0 Å². The van der Waals surface area contributed by atoms with Crippen LogP contribution in [0.5, 0.6) is 0 Å². The molecule has 2 aromatic rings. The van der Waals surface area contributed by atoms with Crippen LogP contribution in [0.3, 0.4) is 0 Å². The lowest BCUT2D eigenvalue weighted by Gasteiger charge is -2.06. The molecule has 1 aromatic carbocycles. The van der Waals surface area contributed by atoms with Crippen LogP contribution < -0.4 is 5.32 Å². The molecule has 0 bridgehead atoms. The zero-order valence-electron chi connectivity index (χ0n) is 10.7. The topological polar surface area (TPSA) is 59.8 Å². The maximum absolute atomic E-state index is 11.8. The van der Waals surface area contributed by atoms with Crippen LogP contribution in [-0.4, -0.2) is 20.7 Å². The molecule has 1 amide bonds. The number of aryl methyl sites for hydroxylation is 1. The number of benzene rings is 1. The fraction of sp³-hybridized carbons (Fsp3) is 0.308. The number of amides is 1. The average Bonchev–Trinajstić information content (AvgIpc) is 2.86. The Kier molecular flexibility index (Phi) is 4.57. The number of carbonyl (C=O) groups excluding carboxylic acids is 1.